The second kappa shape index (κ2) is 5.10. The van der Waals surface area contributed by atoms with Crippen LogP contribution in [0.3, 0.4) is 0 Å². The average molecular weight is 399 g/mol. The number of nitrogens with one attached hydrogen (secondary N) is 2. The zero-order valence-corrected chi connectivity index (χ0v) is 12.8. The summed E-state index contributed by atoms with van der Waals surface area (Å²) in [5.74, 6) is -1.99. The standard InChI is InChI=1S/C13H10IN3O4/c14-16-6-1-2-7-8(5-6)13(21)17(12(7)20)9-3-4-10(18)15-11(9)19/h1-2,5,9,16H,3-4H2,(H,15,18,19). The van der Waals surface area contributed by atoms with Gasteiger partial charge in [0, 0.05) is 12.1 Å². The van der Waals surface area contributed by atoms with Gasteiger partial charge in [0.1, 0.15) is 6.04 Å². The molecule has 3 rings (SSSR count). The molecule has 1 saturated heterocycles. The fraction of sp³-hybridized carbons (Fsp3) is 0.231. The summed E-state index contributed by atoms with van der Waals surface area (Å²) in [6.07, 6.45) is 0.276. The third-order valence-corrected chi connectivity index (χ3v) is 4.17. The van der Waals surface area contributed by atoms with E-state index in [4.69, 9.17) is 0 Å². The van der Waals surface area contributed by atoms with Crippen molar-refractivity contribution in [3.8, 4) is 0 Å². The Bertz CT molecular complexity index is 688. The molecule has 0 spiro atoms. The van der Waals surface area contributed by atoms with Crippen LogP contribution >= 0.6 is 22.9 Å². The number of anilines is 1. The summed E-state index contributed by atoms with van der Waals surface area (Å²) in [5, 5.41) is 2.16. The molecule has 0 radical (unpaired) electrons. The van der Waals surface area contributed by atoms with Gasteiger partial charge in [-0.05, 0) is 24.6 Å². The number of amides is 4. The summed E-state index contributed by atoms with van der Waals surface area (Å²) in [7, 11) is 0. The summed E-state index contributed by atoms with van der Waals surface area (Å²) in [6.45, 7) is 0. The smallest absolute Gasteiger partial charge is 0.262 e. The van der Waals surface area contributed by atoms with Crippen LogP contribution in [0, 0.1) is 0 Å². The van der Waals surface area contributed by atoms with E-state index in [-0.39, 0.29) is 29.9 Å². The van der Waals surface area contributed by atoms with Gasteiger partial charge in [-0.1, -0.05) is 0 Å². The third kappa shape index (κ3) is 2.19. The minimum atomic E-state index is -0.925. The topological polar surface area (TPSA) is 95.6 Å². The largest absolute Gasteiger partial charge is 0.328 e. The Hall–Kier alpha value is -1.97. The second-order valence-corrected chi connectivity index (χ2v) is 5.34. The Kier molecular flexibility index (Phi) is 3.40. The van der Waals surface area contributed by atoms with Gasteiger partial charge in [-0.15, -0.1) is 0 Å². The Labute approximate surface area is 133 Å². The molecule has 2 aliphatic heterocycles. The highest BCUT2D eigenvalue weighted by Crippen LogP contribution is 2.29. The van der Waals surface area contributed by atoms with E-state index in [0.717, 1.165) is 4.90 Å². The highest BCUT2D eigenvalue weighted by atomic mass is 127. The summed E-state index contributed by atoms with van der Waals surface area (Å²) in [5.41, 5.74) is 1.24. The van der Waals surface area contributed by atoms with Crippen molar-refractivity contribution in [2.75, 3.05) is 3.53 Å². The molecule has 0 saturated carbocycles. The van der Waals surface area contributed by atoms with E-state index in [1.54, 1.807) is 18.2 Å². The Balaban J connectivity index is 1.96. The van der Waals surface area contributed by atoms with Crippen molar-refractivity contribution in [1.82, 2.24) is 10.2 Å². The summed E-state index contributed by atoms with van der Waals surface area (Å²) in [6, 6.07) is 3.90. The van der Waals surface area contributed by atoms with Crippen molar-refractivity contribution in [2.24, 2.45) is 0 Å². The molecular formula is C13H10IN3O4. The van der Waals surface area contributed by atoms with E-state index in [1.165, 1.54) is 0 Å². The monoisotopic (exact) mass is 399 g/mol. The van der Waals surface area contributed by atoms with Gasteiger partial charge in [0.2, 0.25) is 11.8 Å². The van der Waals surface area contributed by atoms with Crippen LogP contribution in [0.4, 0.5) is 5.69 Å². The van der Waals surface area contributed by atoms with Gasteiger partial charge in [0.15, 0.2) is 0 Å². The second-order valence-electron chi connectivity index (χ2n) is 4.80. The van der Waals surface area contributed by atoms with Crippen LogP contribution in [-0.2, 0) is 9.59 Å². The van der Waals surface area contributed by atoms with Crippen LogP contribution in [0.25, 0.3) is 0 Å². The Morgan fingerprint density at radius 3 is 2.52 bits per heavy atom. The normalized spacial score (nSPS) is 21.4. The molecule has 0 aromatic heterocycles. The Morgan fingerprint density at radius 2 is 1.86 bits per heavy atom. The SMILES string of the molecule is O=C1CCC(N2C(=O)c3ccc(NI)cc3C2=O)C(=O)N1. The molecule has 4 amide bonds. The lowest BCUT2D eigenvalue weighted by atomic mass is 10.0. The lowest BCUT2D eigenvalue weighted by Gasteiger charge is -2.27. The van der Waals surface area contributed by atoms with Gasteiger partial charge in [0.05, 0.1) is 34.0 Å². The molecular weight excluding hydrogens is 389 g/mol. The number of halogens is 1. The first kappa shape index (κ1) is 14.0. The molecule has 0 aliphatic carbocycles. The number of hydrogen-bond donors (Lipinski definition) is 2. The molecule has 1 unspecified atom stereocenters. The van der Waals surface area contributed by atoms with Gasteiger partial charge in [-0.3, -0.25) is 29.4 Å². The predicted molar refractivity (Wildman–Crippen MR) is 80.8 cm³/mol. The van der Waals surface area contributed by atoms with Crippen LogP contribution < -0.4 is 8.85 Å². The van der Waals surface area contributed by atoms with E-state index < -0.39 is 23.8 Å². The molecule has 8 heteroatoms. The quantitative estimate of drug-likeness (QED) is 0.437. The van der Waals surface area contributed by atoms with Gasteiger partial charge >= 0.3 is 0 Å². The molecule has 7 nitrogen and oxygen atoms in total. The number of imide groups is 2. The van der Waals surface area contributed by atoms with Crippen LogP contribution in [0.2, 0.25) is 0 Å². The maximum Gasteiger partial charge on any atom is 0.262 e. The van der Waals surface area contributed by atoms with E-state index in [0.29, 0.717) is 5.69 Å². The van der Waals surface area contributed by atoms with E-state index in [2.05, 4.69) is 8.85 Å². The number of carbonyl (C=O) groups is 4. The lowest BCUT2D eigenvalue weighted by Crippen LogP contribution is -2.54. The predicted octanol–water partition coefficient (Wildman–Crippen LogP) is 0.850. The molecule has 0 bridgehead atoms. The highest BCUT2D eigenvalue weighted by Gasteiger charge is 2.44. The van der Waals surface area contributed by atoms with Crippen molar-refractivity contribution in [1.29, 1.82) is 0 Å². The molecule has 1 aromatic rings. The van der Waals surface area contributed by atoms with Crippen molar-refractivity contribution in [3.63, 3.8) is 0 Å². The van der Waals surface area contributed by atoms with E-state index in [9.17, 15) is 19.2 Å². The number of hydrogen-bond acceptors (Lipinski definition) is 5. The zero-order valence-electron chi connectivity index (χ0n) is 10.7. The number of carbonyl (C=O) groups excluding carboxylic acids is 4. The van der Waals surface area contributed by atoms with Crippen molar-refractivity contribution >= 4 is 52.2 Å². The number of nitrogens with zero attached hydrogens (tertiary/aromatic N) is 1. The fourth-order valence-electron chi connectivity index (χ4n) is 2.53. The van der Waals surface area contributed by atoms with Crippen molar-refractivity contribution in [2.45, 2.75) is 18.9 Å². The minimum Gasteiger partial charge on any atom is -0.328 e. The molecule has 1 aromatic carbocycles. The van der Waals surface area contributed by atoms with Crippen LogP contribution in [0.15, 0.2) is 18.2 Å². The number of fused-ring (bicyclic) bond motifs is 1. The number of benzene rings is 1. The van der Waals surface area contributed by atoms with Gasteiger partial charge in [-0.25, -0.2) is 0 Å². The number of rotatable bonds is 2. The van der Waals surface area contributed by atoms with Crippen LogP contribution in [-0.4, -0.2) is 34.6 Å². The molecule has 2 aliphatic rings. The molecule has 108 valence electrons. The molecule has 2 N–H and O–H groups in total. The minimum absolute atomic E-state index is 0.115. The number of piperidine rings is 1. The average Bonchev–Trinajstić information content (AvgIpc) is 2.71. The Morgan fingerprint density at radius 1 is 1.14 bits per heavy atom. The summed E-state index contributed by atoms with van der Waals surface area (Å²) < 4.78 is 2.87. The van der Waals surface area contributed by atoms with E-state index >= 15 is 0 Å². The first-order valence-corrected chi connectivity index (χ1v) is 7.33. The van der Waals surface area contributed by atoms with Crippen LogP contribution in [0.1, 0.15) is 33.6 Å². The van der Waals surface area contributed by atoms with Gasteiger partial charge in [0.25, 0.3) is 11.8 Å². The van der Waals surface area contributed by atoms with Gasteiger partial charge < -0.3 is 3.53 Å². The van der Waals surface area contributed by atoms with E-state index in [1.807, 2.05) is 22.9 Å². The molecule has 1 atom stereocenters. The zero-order chi connectivity index (χ0) is 15.1. The van der Waals surface area contributed by atoms with Crippen molar-refractivity contribution in [3.05, 3.63) is 29.3 Å². The van der Waals surface area contributed by atoms with Gasteiger partial charge in [-0.2, -0.15) is 0 Å². The summed E-state index contributed by atoms with van der Waals surface area (Å²) in [4.78, 5) is 48.7. The van der Waals surface area contributed by atoms with Crippen molar-refractivity contribution < 1.29 is 19.2 Å². The molecule has 21 heavy (non-hydrogen) atoms. The lowest BCUT2D eigenvalue weighted by molar-refractivity contribution is -0.136. The third-order valence-electron chi connectivity index (χ3n) is 3.55. The first-order valence-electron chi connectivity index (χ1n) is 6.25. The fourth-order valence-corrected chi connectivity index (χ4v) is 2.87. The van der Waals surface area contributed by atoms with Crippen LogP contribution in [0.5, 0.6) is 0 Å². The maximum atomic E-state index is 12.4. The first-order chi connectivity index (χ1) is 10.0. The maximum absolute atomic E-state index is 12.4. The molecule has 2 heterocycles. The summed E-state index contributed by atoms with van der Waals surface area (Å²) >= 11 is 1.92. The molecule has 1 fully saturated rings. The highest BCUT2D eigenvalue weighted by molar-refractivity contribution is 14.1.